The third-order valence-corrected chi connectivity index (χ3v) is 12.3. The second-order valence-corrected chi connectivity index (χ2v) is 21.3. The minimum Gasteiger partial charge on any atom is -0.382 e. The van der Waals surface area contributed by atoms with Crippen LogP contribution in [0, 0.1) is 0 Å². The van der Waals surface area contributed by atoms with Crippen molar-refractivity contribution in [3.63, 3.8) is 0 Å². The zero-order valence-electron chi connectivity index (χ0n) is 22.1. The normalized spacial score (nSPS) is 38.3. The molecule has 6 N–H and O–H groups in total. The standard InChI is InChI=1S/C20H24F2N12O4P2S4/c21-9-13-7(35-19(9)33-5-29-11-15(23)25-3-27-17(11)33)1-31-39(41,42)38-14-8(2-32-40(43,44)37-13)36-20(10(14)22)34-6-30-12-16(24)26-4-28-18(12)34/h3-10,13-14,19-20H,1-2H2,(H2,23,25,27)(H2,24,26,28)(H2,31,41,42)(H2,32,43,44)/t7-,8-,9-,10-,13-,14-,19-,20-/m1/s1. The number of anilines is 2. The van der Waals surface area contributed by atoms with Crippen LogP contribution in [0.4, 0.5) is 20.4 Å². The first-order chi connectivity index (χ1) is 20.9. The predicted octanol–water partition coefficient (Wildman–Crippen LogP) is 1.57. The first-order valence-electron chi connectivity index (χ1n) is 12.9. The maximum absolute atomic E-state index is 16.2. The fraction of sp³-hybridized carbons (Fsp3) is 0.500. The van der Waals surface area contributed by atoms with Gasteiger partial charge >= 0.3 is 0 Å². The molecule has 3 aliphatic heterocycles. The highest BCUT2D eigenvalue weighted by atomic mass is 32.9. The van der Waals surface area contributed by atoms with Gasteiger partial charge in [-0.05, 0) is 23.6 Å². The number of ether oxygens (including phenoxy) is 2. The Labute approximate surface area is 268 Å². The molecule has 3 fully saturated rings. The molecule has 4 aromatic rings. The number of nitrogens with zero attached hydrogens (tertiary/aromatic N) is 8. The zero-order chi connectivity index (χ0) is 31.0. The maximum atomic E-state index is 16.2. The van der Waals surface area contributed by atoms with Gasteiger partial charge in [0.25, 0.3) is 0 Å². The van der Waals surface area contributed by atoms with Crippen LogP contribution in [0.1, 0.15) is 12.5 Å². The van der Waals surface area contributed by atoms with Gasteiger partial charge in [-0.25, -0.2) is 38.7 Å². The summed E-state index contributed by atoms with van der Waals surface area (Å²) in [6, 6.07) is 0. The molecule has 0 saturated carbocycles. The van der Waals surface area contributed by atoms with Crippen LogP contribution >= 0.6 is 35.7 Å². The number of rotatable bonds is 2. The van der Waals surface area contributed by atoms with Gasteiger partial charge < -0.3 is 30.0 Å². The van der Waals surface area contributed by atoms with E-state index in [0.29, 0.717) is 11.0 Å². The number of hydrogen-bond acceptors (Lipinski definition) is 14. The molecule has 0 radical (unpaired) electrons. The minimum absolute atomic E-state index is 0.0732. The van der Waals surface area contributed by atoms with E-state index in [4.69, 9.17) is 53.6 Å². The van der Waals surface area contributed by atoms with Crippen LogP contribution in [0.5, 0.6) is 0 Å². The van der Waals surface area contributed by atoms with Crippen LogP contribution < -0.4 is 21.6 Å². The molecule has 2 unspecified atom stereocenters. The lowest BCUT2D eigenvalue weighted by atomic mass is 10.1. The number of nitrogen functional groups attached to an aromatic ring is 2. The summed E-state index contributed by atoms with van der Waals surface area (Å²) in [4.78, 5) is 24.6. The number of hydrogen-bond donors (Lipinski definition) is 6. The van der Waals surface area contributed by atoms with Crippen molar-refractivity contribution < 1.29 is 27.3 Å². The van der Waals surface area contributed by atoms with Crippen molar-refractivity contribution in [2.45, 2.75) is 49.2 Å². The van der Waals surface area contributed by atoms with E-state index in [1.807, 2.05) is 0 Å². The van der Waals surface area contributed by atoms with Gasteiger partial charge in [-0.3, -0.25) is 19.3 Å². The topological polar surface area (TPSA) is 200 Å². The summed E-state index contributed by atoms with van der Waals surface area (Å²) in [6.45, 7) is -0.146. The molecule has 3 saturated heterocycles. The number of nitrogens with one attached hydrogen (secondary N) is 2. The van der Waals surface area contributed by atoms with Crippen LogP contribution in [0.2, 0.25) is 0 Å². The summed E-state index contributed by atoms with van der Waals surface area (Å²) in [5.74, 6) is 0.267. The van der Waals surface area contributed by atoms with Crippen LogP contribution in [0.3, 0.4) is 0 Å². The van der Waals surface area contributed by atoms with Crippen molar-refractivity contribution in [3.8, 4) is 0 Å². The van der Waals surface area contributed by atoms with Gasteiger partial charge in [0.15, 0.2) is 59.0 Å². The molecule has 0 bridgehead atoms. The Hall–Kier alpha value is -1.68. The van der Waals surface area contributed by atoms with Gasteiger partial charge in [-0.15, -0.1) is 24.5 Å². The molecule has 0 aliphatic carbocycles. The molecule has 24 heteroatoms. The zero-order valence-corrected chi connectivity index (χ0v) is 27.3. The summed E-state index contributed by atoms with van der Waals surface area (Å²) >= 11 is 20.3. The number of fused-ring (bicyclic) bond motifs is 4. The number of alkyl halides is 2. The van der Waals surface area contributed by atoms with Gasteiger partial charge in [-0.2, -0.15) is 0 Å². The van der Waals surface area contributed by atoms with Crippen molar-refractivity contribution in [3.05, 3.63) is 25.3 Å². The lowest BCUT2D eigenvalue weighted by Crippen LogP contribution is -2.42. The lowest BCUT2D eigenvalue weighted by molar-refractivity contribution is -0.0204. The Morgan fingerprint density at radius 2 is 1.16 bits per heavy atom. The Morgan fingerprint density at radius 1 is 0.750 bits per heavy atom. The highest BCUT2D eigenvalue weighted by Crippen LogP contribution is 2.56. The molecule has 16 nitrogen and oxygen atoms in total. The Kier molecular flexibility index (Phi) is 8.11. The van der Waals surface area contributed by atoms with Crippen molar-refractivity contribution in [2.24, 2.45) is 0 Å². The van der Waals surface area contributed by atoms with E-state index in [1.165, 1.54) is 34.4 Å². The number of thiol groups is 2. The van der Waals surface area contributed by atoms with Crippen molar-refractivity contribution in [1.29, 1.82) is 0 Å². The monoisotopic (exact) mass is 724 g/mol. The van der Waals surface area contributed by atoms with Gasteiger partial charge in [0.05, 0.1) is 12.7 Å². The molecule has 4 aromatic heterocycles. The third-order valence-electron chi connectivity index (χ3n) is 7.37. The molecule has 3 aliphatic rings. The van der Waals surface area contributed by atoms with Crippen molar-refractivity contribution in [1.82, 2.24) is 49.2 Å². The maximum Gasteiger partial charge on any atom is 0.183 e. The predicted molar refractivity (Wildman–Crippen MR) is 169 cm³/mol. The van der Waals surface area contributed by atoms with E-state index < -0.39 is 60.4 Å². The molecule has 44 heavy (non-hydrogen) atoms. The molecule has 7 heterocycles. The second-order valence-electron chi connectivity index (χ2n) is 10.1. The summed E-state index contributed by atoms with van der Waals surface area (Å²) in [6.07, 6.45) is -4.98. The molecule has 0 aromatic carbocycles. The van der Waals surface area contributed by atoms with E-state index in [9.17, 15) is 0 Å². The van der Waals surface area contributed by atoms with Crippen LogP contribution in [0.15, 0.2) is 25.3 Å². The first-order valence-corrected chi connectivity index (χ1v) is 20.6. The highest BCUT2D eigenvalue weighted by molar-refractivity contribution is 8.61. The summed E-state index contributed by atoms with van der Waals surface area (Å²) in [5.41, 5.74) is 6.48. The smallest absolute Gasteiger partial charge is 0.183 e. The van der Waals surface area contributed by atoms with E-state index in [0.717, 1.165) is 0 Å². The SMILES string of the molecule is Nc1ncnc2c1ncn2[C@@H]1O[C@@H]2CNP(=S)(S)O[C@H]3[C@@H](F)[C@H](n4cnc5c(N)ncnc54)O[C@@H]3CNP(=S)(S)O[C@H]2[C@H]1F. The second kappa shape index (κ2) is 11.5. The number of nitrogens with two attached hydrogens (primary N) is 2. The fourth-order valence-corrected chi connectivity index (χ4v) is 9.67. The van der Waals surface area contributed by atoms with Crippen LogP contribution in [0.25, 0.3) is 22.3 Å². The summed E-state index contributed by atoms with van der Waals surface area (Å²) < 4.78 is 59.5. The average Bonchev–Trinajstić information content (AvgIpc) is 3.73. The summed E-state index contributed by atoms with van der Waals surface area (Å²) in [5, 5.41) is 6.02. The molecular formula is C20H24F2N12O4P2S4. The van der Waals surface area contributed by atoms with Crippen LogP contribution in [-0.2, 0) is 42.1 Å². The molecule has 236 valence electrons. The average molecular weight is 725 g/mol. The molecule has 0 amide bonds. The number of halogens is 2. The number of aromatic nitrogens is 8. The van der Waals surface area contributed by atoms with Gasteiger partial charge in [0.1, 0.15) is 48.1 Å². The van der Waals surface area contributed by atoms with E-state index in [-0.39, 0.29) is 36.0 Å². The van der Waals surface area contributed by atoms with E-state index in [2.05, 4.69) is 64.6 Å². The van der Waals surface area contributed by atoms with Crippen molar-refractivity contribution in [2.75, 3.05) is 24.6 Å². The van der Waals surface area contributed by atoms with Crippen LogP contribution in [-0.4, -0.2) is 88.9 Å². The fourth-order valence-electron chi connectivity index (χ4n) is 5.34. The number of imidazole rings is 2. The minimum atomic E-state index is -3.22. The Morgan fingerprint density at radius 3 is 1.57 bits per heavy atom. The first kappa shape index (κ1) is 30.9. The van der Waals surface area contributed by atoms with Gasteiger partial charge in [-0.1, -0.05) is 0 Å². The van der Waals surface area contributed by atoms with Gasteiger partial charge in [0, 0.05) is 13.1 Å². The molecular weight excluding hydrogens is 701 g/mol. The van der Waals surface area contributed by atoms with Crippen molar-refractivity contribution >= 4 is 93.3 Å². The lowest BCUT2D eigenvalue weighted by Gasteiger charge is -2.32. The van der Waals surface area contributed by atoms with E-state index >= 15 is 8.78 Å². The Balaban J connectivity index is 1.17. The van der Waals surface area contributed by atoms with E-state index in [1.54, 1.807) is 0 Å². The highest BCUT2D eigenvalue weighted by Gasteiger charge is 2.52. The largest absolute Gasteiger partial charge is 0.382 e. The summed E-state index contributed by atoms with van der Waals surface area (Å²) in [7, 11) is 0. The molecule has 10 atom stereocenters. The molecule has 0 spiro atoms. The quantitative estimate of drug-likeness (QED) is 0.128. The molecule has 7 rings (SSSR count). The van der Waals surface area contributed by atoms with Gasteiger partial charge in [0.2, 0.25) is 0 Å². The third kappa shape index (κ3) is 5.51. The Bertz CT molecular complexity index is 1710.